The van der Waals surface area contributed by atoms with Gasteiger partial charge in [-0.2, -0.15) is 5.26 Å². The van der Waals surface area contributed by atoms with Gasteiger partial charge in [0.1, 0.15) is 16.9 Å². The molecule has 1 N–H and O–H groups in total. The molecule has 4 rings (SSSR count). The van der Waals surface area contributed by atoms with Gasteiger partial charge in [0.15, 0.2) is 0 Å². The number of halogens is 1. The fraction of sp³-hybridized carbons (Fsp3) is 0.0952. The van der Waals surface area contributed by atoms with Gasteiger partial charge in [0.2, 0.25) is 11.8 Å². The maximum absolute atomic E-state index is 13.2. The monoisotopic (exact) mass is 451 g/mol. The van der Waals surface area contributed by atoms with Crippen LogP contribution in [-0.4, -0.2) is 26.8 Å². The Balaban J connectivity index is 1.45. The maximum Gasteiger partial charge on any atom is 0.277 e. The number of nitrogens with one attached hydrogen (secondary N) is 1. The molecule has 0 radical (unpaired) electrons. The molecule has 3 aromatic heterocycles. The predicted molar refractivity (Wildman–Crippen MR) is 116 cm³/mol. The Labute approximate surface area is 185 Å². The third kappa shape index (κ3) is 4.63. The van der Waals surface area contributed by atoms with E-state index in [0.717, 1.165) is 22.2 Å². The molecule has 1 amide bonds. The highest BCUT2D eigenvalue weighted by Crippen LogP contribution is 2.39. The quantitative estimate of drug-likeness (QED) is 0.415. The Bertz CT molecular complexity index is 1260. The minimum Gasteiger partial charge on any atom is -0.411 e. The van der Waals surface area contributed by atoms with Crippen molar-refractivity contribution >= 4 is 34.0 Å². The summed E-state index contributed by atoms with van der Waals surface area (Å²) in [5.74, 6) is -0.314. The number of aryl methyl sites for hydroxylation is 1. The van der Waals surface area contributed by atoms with Gasteiger partial charge in [-0.05, 0) is 36.8 Å². The smallest absolute Gasteiger partial charge is 0.277 e. The van der Waals surface area contributed by atoms with Gasteiger partial charge in [0.25, 0.3) is 5.22 Å². The molecule has 0 saturated carbocycles. The van der Waals surface area contributed by atoms with Gasteiger partial charge in [-0.3, -0.25) is 9.78 Å². The van der Waals surface area contributed by atoms with Gasteiger partial charge in [0.05, 0.1) is 16.9 Å². The largest absolute Gasteiger partial charge is 0.411 e. The lowest BCUT2D eigenvalue weighted by atomic mass is 10.0. The van der Waals surface area contributed by atoms with E-state index in [-0.39, 0.29) is 22.7 Å². The first-order chi connectivity index (χ1) is 15.0. The Hall–Kier alpha value is -3.55. The van der Waals surface area contributed by atoms with E-state index >= 15 is 0 Å². The molecule has 0 unspecified atom stereocenters. The molecule has 0 aliphatic rings. The lowest BCUT2D eigenvalue weighted by Gasteiger charge is -2.03. The van der Waals surface area contributed by atoms with Crippen LogP contribution in [0, 0.1) is 24.1 Å². The van der Waals surface area contributed by atoms with Gasteiger partial charge in [-0.1, -0.05) is 23.9 Å². The molecule has 7 nitrogen and oxygen atoms in total. The molecule has 31 heavy (non-hydrogen) atoms. The van der Waals surface area contributed by atoms with Crippen LogP contribution >= 0.6 is 23.1 Å². The second kappa shape index (κ2) is 9.07. The fourth-order valence-electron chi connectivity index (χ4n) is 2.87. The number of hydrogen-bond acceptors (Lipinski definition) is 8. The van der Waals surface area contributed by atoms with Crippen LogP contribution in [0.25, 0.3) is 22.6 Å². The summed E-state index contributed by atoms with van der Waals surface area (Å²) in [5, 5.41) is 21.0. The maximum atomic E-state index is 13.2. The molecule has 10 heteroatoms. The van der Waals surface area contributed by atoms with Gasteiger partial charge in [-0.25, -0.2) is 4.39 Å². The van der Waals surface area contributed by atoms with Crippen LogP contribution < -0.4 is 5.32 Å². The summed E-state index contributed by atoms with van der Waals surface area (Å²) in [6.45, 7) is 1.85. The Kier molecular flexibility index (Phi) is 6.06. The average Bonchev–Trinajstić information content (AvgIpc) is 3.37. The fourth-order valence-corrected chi connectivity index (χ4v) is 4.47. The number of pyridine rings is 1. The number of thiophene rings is 1. The van der Waals surface area contributed by atoms with Crippen molar-refractivity contribution in [1.29, 1.82) is 5.26 Å². The SMILES string of the molecule is Cc1sc(NC(=O)CSc2nnc(-c3cccnc3)o2)c(C#N)c1-c1ccc(F)cc1. The van der Waals surface area contributed by atoms with Crippen LogP contribution in [0.5, 0.6) is 0 Å². The van der Waals surface area contributed by atoms with E-state index in [1.165, 1.54) is 23.5 Å². The lowest BCUT2D eigenvalue weighted by molar-refractivity contribution is -0.113. The van der Waals surface area contributed by atoms with Crippen molar-refractivity contribution in [2.75, 3.05) is 11.1 Å². The molecule has 0 fully saturated rings. The van der Waals surface area contributed by atoms with Crippen molar-refractivity contribution in [3.63, 3.8) is 0 Å². The number of anilines is 1. The van der Waals surface area contributed by atoms with E-state index in [2.05, 4.69) is 26.6 Å². The number of aromatic nitrogens is 3. The molecule has 3 heterocycles. The van der Waals surface area contributed by atoms with Gasteiger partial charge in [-0.15, -0.1) is 21.5 Å². The average molecular weight is 452 g/mol. The summed E-state index contributed by atoms with van der Waals surface area (Å²) in [6, 6.07) is 11.6. The summed E-state index contributed by atoms with van der Waals surface area (Å²) in [7, 11) is 0. The highest BCUT2D eigenvalue weighted by atomic mass is 32.2. The molecule has 0 bridgehead atoms. The number of rotatable bonds is 6. The standard InChI is InChI=1S/C21H14FN5O2S2/c1-12-18(13-4-6-15(22)7-5-13)16(9-23)20(31-12)25-17(28)11-30-21-27-26-19(29-21)14-3-2-8-24-10-14/h2-8,10H,11H2,1H3,(H,25,28). The molecular weight excluding hydrogens is 437 g/mol. The van der Waals surface area contributed by atoms with Crippen molar-refractivity contribution in [2.45, 2.75) is 12.1 Å². The first-order valence-electron chi connectivity index (χ1n) is 9.01. The molecule has 0 saturated heterocycles. The number of benzene rings is 1. The Morgan fingerprint density at radius 1 is 1.26 bits per heavy atom. The van der Waals surface area contributed by atoms with Crippen molar-refractivity contribution in [3.8, 4) is 28.7 Å². The van der Waals surface area contributed by atoms with Crippen LogP contribution in [0.3, 0.4) is 0 Å². The van der Waals surface area contributed by atoms with Crippen molar-refractivity contribution in [2.24, 2.45) is 0 Å². The molecular formula is C21H14FN5O2S2. The Morgan fingerprint density at radius 2 is 2.06 bits per heavy atom. The summed E-state index contributed by atoms with van der Waals surface area (Å²) in [6.07, 6.45) is 3.25. The number of nitrogens with zero attached hydrogens (tertiary/aromatic N) is 4. The summed E-state index contributed by atoms with van der Waals surface area (Å²) in [4.78, 5) is 17.3. The minimum absolute atomic E-state index is 0.0301. The first-order valence-corrected chi connectivity index (χ1v) is 10.8. The van der Waals surface area contributed by atoms with Crippen LogP contribution in [0.2, 0.25) is 0 Å². The Morgan fingerprint density at radius 3 is 2.77 bits per heavy atom. The third-order valence-electron chi connectivity index (χ3n) is 4.22. The second-order valence-corrected chi connectivity index (χ2v) is 8.46. The van der Waals surface area contributed by atoms with E-state index in [4.69, 9.17) is 4.42 Å². The number of carbonyl (C=O) groups excluding carboxylic acids is 1. The van der Waals surface area contributed by atoms with E-state index < -0.39 is 0 Å². The van der Waals surface area contributed by atoms with E-state index in [1.54, 1.807) is 36.7 Å². The van der Waals surface area contributed by atoms with Crippen molar-refractivity contribution < 1.29 is 13.6 Å². The summed E-state index contributed by atoms with van der Waals surface area (Å²) in [5.41, 5.74) is 2.44. The van der Waals surface area contributed by atoms with E-state index in [9.17, 15) is 14.4 Å². The molecule has 154 valence electrons. The van der Waals surface area contributed by atoms with Crippen molar-refractivity contribution in [3.05, 3.63) is 65.0 Å². The highest BCUT2D eigenvalue weighted by Gasteiger charge is 2.19. The molecule has 4 aromatic rings. The minimum atomic E-state index is -0.353. The first kappa shape index (κ1) is 20.7. The molecule has 1 aromatic carbocycles. The zero-order valence-electron chi connectivity index (χ0n) is 16.1. The lowest BCUT2D eigenvalue weighted by Crippen LogP contribution is -2.13. The normalized spacial score (nSPS) is 10.6. The third-order valence-corrected chi connectivity index (χ3v) is 6.06. The number of nitriles is 1. The number of amides is 1. The van der Waals surface area contributed by atoms with E-state index in [1.807, 2.05) is 6.92 Å². The van der Waals surface area contributed by atoms with Crippen LogP contribution in [0.1, 0.15) is 10.4 Å². The van der Waals surface area contributed by atoms with E-state index in [0.29, 0.717) is 27.6 Å². The topological polar surface area (TPSA) is 105 Å². The highest BCUT2D eigenvalue weighted by molar-refractivity contribution is 7.99. The summed E-state index contributed by atoms with van der Waals surface area (Å²) < 4.78 is 18.8. The zero-order chi connectivity index (χ0) is 21.8. The molecule has 0 spiro atoms. The number of hydrogen-bond donors (Lipinski definition) is 1. The van der Waals surface area contributed by atoms with Crippen LogP contribution in [-0.2, 0) is 4.79 Å². The molecule has 0 aliphatic carbocycles. The number of thioether (sulfide) groups is 1. The van der Waals surface area contributed by atoms with Gasteiger partial charge < -0.3 is 9.73 Å². The molecule has 0 atom stereocenters. The van der Waals surface area contributed by atoms with Gasteiger partial charge >= 0.3 is 0 Å². The predicted octanol–water partition coefficient (Wildman–Crippen LogP) is 4.91. The second-order valence-electron chi connectivity index (χ2n) is 6.31. The zero-order valence-corrected chi connectivity index (χ0v) is 17.8. The van der Waals surface area contributed by atoms with Gasteiger partial charge in [0, 0.05) is 22.8 Å². The van der Waals surface area contributed by atoms with Crippen molar-refractivity contribution in [1.82, 2.24) is 15.2 Å². The van der Waals surface area contributed by atoms with Crippen LogP contribution in [0.15, 0.2) is 58.4 Å². The number of carbonyl (C=O) groups is 1. The molecule has 0 aliphatic heterocycles. The van der Waals surface area contributed by atoms with Crippen LogP contribution in [0.4, 0.5) is 9.39 Å². The summed E-state index contributed by atoms with van der Waals surface area (Å²) >= 11 is 2.39.